The minimum atomic E-state index is 0.258. The fourth-order valence-corrected chi connectivity index (χ4v) is 2.69. The number of nitrogens with zero attached hydrogens (tertiary/aromatic N) is 1. The first-order valence-corrected chi connectivity index (χ1v) is 8.07. The molecule has 0 spiro atoms. The number of hydrogen-bond acceptors (Lipinski definition) is 2. The Morgan fingerprint density at radius 2 is 1.75 bits per heavy atom. The van der Waals surface area contributed by atoms with Crippen LogP contribution in [0.25, 0.3) is 0 Å². The maximum atomic E-state index is 5.84. The maximum Gasteiger partial charge on any atom is 0.119 e. The molecule has 2 nitrogen and oxygen atoms in total. The van der Waals surface area contributed by atoms with Gasteiger partial charge in [-0.3, -0.25) is 0 Å². The van der Waals surface area contributed by atoms with Crippen LogP contribution in [0.5, 0.6) is 5.75 Å². The maximum absolute atomic E-state index is 5.84. The van der Waals surface area contributed by atoms with Crippen molar-refractivity contribution in [1.82, 2.24) is 4.90 Å². The second-order valence-electron chi connectivity index (χ2n) is 6.51. The SMILES string of the molecule is CCC(C)(C)c1ccc(OCCCN2CCCC2)cc1. The highest BCUT2D eigenvalue weighted by atomic mass is 16.5. The molecule has 1 aliphatic rings. The predicted molar refractivity (Wildman–Crippen MR) is 85.5 cm³/mol. The Hall–Kier alpha value is -1.02. The van der Waals surface area contributed by atoms with Crippen molar-refractivity contribution in [2.45, 2.75) is 51.9 Å². The van der Waals surface area contributed by atoms with Crippen LogP contribution in [0, 0.1) is 0 Å². The van der Waals surface area contributed by atoms with Gasteiger partial charge in [0.25, 0.3) is 0 Å². The van der Waals surface area contributed by atoms with Gasteiger partial charge < -0.3 is 9.64 Å². The molecule has 0 amide bonds. The summed E-state index contributed by atoms with van der Waals surface area (Å²) in [6.07, 6.45) is 5.02. The van der Waals surface area contributed by atoms with Crippen LogP contribution in [0.2, 0.25) is 0 Å². The molecule has 1 aromatic carbocycles. The Balaban J connectivity index is 1.73. The van der Waals surface area contributed by atoms with Gasteiger partial charge in [0.15, 0.2) is 0 Å². The molecule has 1 aromatic rings. The average Bonchev–Trinajstić information content (AvgIpc) is 2.97. The lowest BCUT2D eigenvalue weighted by Gasteiger charge is -2.23. The zero-order valence-corrected chi connectivity index (χ0v) is 13.3. The summed E-state index contributed by atoms with van der Waals surface area (Å²) < 4.78 is 5.84. The number of benzene rings is 1. The molecular formula is C18H29NO. The summed E-state index contributed by atoms with van der Waals surface area (Å²) in [7, 11) is 0. The fraction of sp³-hybridized carbons (Fsp3) is 0.667. The van der Waals surface area contributed by atoms with Crippen molar-refractivity contribution in [2.75, 3.05) is 26.2 Å². The quantitative estimate of drug-likeness (QED) is 0.690. The predicted octanol–water partition coefficient (Wildman–Crippen LogP) is 4.24. The monoisotopic (exact) mass is 275 g/mol. The highest BCUT2D eigenvalue weighted by molar-refractivity contribution is 5.31. The zero-order valence-electron chi connectivity index (χ0n) is 13.3. The van der Waals surface area contributed by atoms with Crippen LogP contribution in [0.4, 0.5) is 0 Å². The van der Waals surface area contributed by atoms with Crippen molar-refractivity contribution in [3.8, 4) is 5.75 Å². The Bertz CT molecular complexity index is 390. The van der Waals surface area contributed by atoms with E-state index in [9.17, 15) is 0 Å². The van der Waals surface area contributed by atoms with Gasteiger partial charge in [-0.15, -0.1) is 0 Å². The van der Waals surface area contributed by atoms with E-state index in [1.54, 1.807) is 0 Å². The minimum absolute atomic E-state index is 0.258. The lowest BCUT2D eigenvalue weighted by molar-refractivity contribution is 0.263. The van der Waals surface area contributed by atoms with Gasteiger partial charge >= 0.3 is 0 Å². The minimum Gasteiger partial charge on any atom is -0.494 e. The summed E-state index contributed by atoms with van der Waals surface area (Å²) in [6.45, 7) is 11.4. The zero-order chi connectivity index (χ0) is 14.4. The first-order valence-electron chi connectivity index (χ1n) is 8.07. The smallest absolute Gasteiger partial charge is 0.119 e. The van der Waals surface area contributed by atoms with Crippen LogP contribution in [0.15, 0.2) is 24.3 Å². The molecule has 20 heavy (non-hydrogen) atoms. The third-order valence-electron chi connectivity index (χ3n) is 4.61. The van der Waals surface area contributed by atoms with Crippen LogP contribution in [0.1, 0.15) is 52.0 Å². The number of ether oxygens (including phenoxy) is 1. The summed E-state index contributed by atoms with van der Waals surface area (Å²) in [5.74, 6) is 1.00. The molecule has 1 aliphatic heterocycles. The molecule has 1 saturated heterocycles. The summed E-state index contributed by atoms with van der Waals surface area (Å²) in [4.78, 5) is 2.54. The van der Waals surface area contributed by atoms with Crippen LogP contribution >= 0.6 is 0 Å². The molecule has 2 heteroatoms. The van der Waals surface area contributed by atoms with E-state index in [2.05, 4.69) is 49.9 Å². The van der Waals surface area contributed by atoms with E-state index in [1.807, 2.05) is 0 Å². The molecule has 0 radical (unpaired) electrons. The molecule has 1 heterocycles. The highest BCUT2D eigenvalue weighted by Crippen LogP contribution is 2.28. The van der Waals surface area contributed by atoms with Crippen molar-refractivity contribution in [2.24, 2.45) is 0 Å². The lowest BCUT2D eigenvalue weighted by Crippen LogP contribution is -2.21. The molecule has 0 N–H and O–H groups in total. The van der Waals surface area contributed by atoms with Gasteiger partial charge in [0.05, 0.1) is 6.61 Å². The van der Waals surface area contributed by atoms with Crippen LogP contribution in [-0.4, -0.2) is 31.1 Å². The Morgan fingerprint density at radius 1 is 1.10 bits per heavy atom. The normalized spacial score (nSPS) is 16.6. The third kappa shape index (κ3) is 4.24. The molecule has 112 valence electrons. The number of rotatable bonds is 7. The van der Waals surface area contributed by atoms with E-state index in [4.69, 9.17) is 4.74 Å². The third-order valence-corrected chi connectivity index (χ3v) is 4.61. The molecule has 0 saturated carbocycles. The molecule has 2 rings (SSSR count). The molecule has 0 aromatic heterocycles. The van der Waals surface area contributed by atoms with Gasteiger partial charge in [-0.25, -0.2) is 0 Å². The van der Waals surface area contributed by atoms with Crippen LogP contribution in [-0.2, 0) is 5.41 Å². The van der Waals surface area contributed by atoms with E-state index in [0.29, 0.717) is 0 Å². The first-order chi connectivity index (χ1) is 9.62. The summed E-state index contributed by atoms with van der Waals surface area (Å²) in [6, 6.07) is 8.64. The summed E-state index contributed by atoms with van der Waals surface area (Å²) in [5, 5.41) is 0. The van der Waals surface area contributed by atoms with E-state index < -0.39 is 0 Å². The molecule has 0 aliphatic carbocycles. The molecule has 0 bridgehead atoms. The largest absolute Gasteiger partial charge is 0.494 e. The number of likely N-dealkylation sites (tertiary alicyclic amines) is 1. The van der Waals surface area contributed by atoms with Crippen molar-refractivity contribution in [1.29, 1.82) is 0 Å². The Morgan fingerprint density at radius 3 is 2.35 bits per heavy atom. The van der Waals surface area contributed by atoms with Gasteiger partial charge in [0.2, 0.25) is 0 Å². The Labute approximate surface area is 124 Å². The lowest BCUT2D eigenvalue weighted by atomic mass is 9.82. The molecular weight excluding hydrogens is 246 g/mol. The fourth-order valence-electron chi connectivity index (χ4n) is 2.69. The van der Waals surface area contributed by atoms with Crippen LogP contribution < -0.4 is 4.74 Å². The van der Waals surface area contributed by atoms with E-state index >= 15 is 0 Å². The summed E-state index contributed by atoms with van der Waals surface area (Å²) >= 11 is 0. The summed E-state index contributed by atoms with van der Waals surface area (Å²) in [5.41, 5.74) is 1.65. The van der Waals surface area contributed by atoms with E-state index in [-0.39, 0.29) is 5.41 Å². The van der Waals surface area contributed by atoms with Gasteiger partial charge in [-0.1, -0.05) is 32.9 Å². The second kappa shape index (κ2) is 7.12. The van der Waals surface area contributed by atoms with E-state index in [0.717, 1.165) is 25.2 Å². The van der Waals surface area contributed by atoms with E-state index in [1.165, 1.54) is 38.0 Å². The highest BCUT2D eigenvalue weighted by Gasteiger charge is 2.17. The van der Waals surface area contributed by atoms with Crippen molar-refractivity contribution in [3.63, 3.8) is 0 Å². The van der Waals surface area contributed by atoms with Gasteiger partial charge in [-0.2, -0.15) is 0 Å². The molecule has 0 unspecified atom stereocenters. The van der Waals surface area contributed by atoms with Crippen molar-refractivity contribution in [3.05, 3.63) is 29.8 Å². The van der Waals surface area contributed by atoms with Gasteiger partial charge in [-0.05, 0) is 61.9 Å². The second-order valence-corrected chi connectivity index (χ2v) is 6.51. The standard InChI is InChI=1S/C18H29NO/c1-4-18(2,3)16-8-10-17(11-9-16)20-15-7-14-19-12-5-6-13-19/h8-11H,4-7,12-15H2,1-3H3. The van der Waals surface area contributed by atoms with Gasteiger partial charge in [0.1, 0.15) is 5.75 Å². The van der Waals surface area contributed by atoms with Gasteiger partial charge in [0, 0.05) is 6.54 Å². The topological polar surface area (TPSA) is 12.5 Å². The molecule has 0 atom stereocenters. The molecule has 1 fully saturated rings. The van der Waals surface area contributed by atoms with Crippen LogP contribution in [0.3, 0.4) is 0 Å². The Kier molecular flexibility index (Phi) is 5.47. The number of hydrogen-bond donors (Lipinski definition) is 0. The first kappa shape index (κ1) is 15.4. The van der Waals surface area contributed by atoms with Crippen molar-refractivity contribution < 1.29 is 4.74 Å². The average molecular weight is 275 g/mol. The van der Waals surface area contributed by atoms with Crippen molar-refractivity contribution >= 4 is 0 Å².